The van der Waals surface area contributed by atoms with E-state index >= 15 is 0 Å². The molecule has 0 saturated heterocycles. The smallest absolute Gasteiger partial charge is 0.306 e. The van der Waals surface area contributed by atoms with Crippen LogP contribution in [0.3, 0.4) is 0 Å². The van der Waals surface area contributed by atoms with Crippen LogP contribution < -0.4 is 4.89 Å². The molecule has 0 aromatic carbocycles. The third-order valence-corrected chi connectivity index (χ3v) is 17.5. The first-order valence-corrected chi connectivity index (χ1v) is 40.7. The Labute approximate surface area is 592 Å². The minimum Gasteiger partial charge on any atom is -0.756 e. The van der Waals surface area contributed by atoms with Gasteiger partial charge in [-0.3, -0.25) is 14.2 Å². The number of nitrogens with zero attached hydrogens (tertiary/aromatic N) is 1. The number of esters is 2. The van der Waals surface area contributed by atoms with Crippen molar-refractivity contribution in [1.82, 2.24) is 0 Å². The third kappa shape index (κ3) is 78.6. The molecule has 0 saturated carbocycles. The van der Waals surface area contributed by atoms with E-state index in [2.05, 4.69) is 172 Å². The normalized spacial score (nSPS) is 13.9. The van der Waals surface area contributed by atoms with Gasteiger partial charge in [-0.1, -0.05) is 345 Å². The summed E-state index contributed by atoms with van der Waals surface area (Å²) in [6.45, 7) is 4.03. The Hall–Kier alpha value is -4.37. The Morgan fingerprint density at radius 3 is 0.833 bits per heavy atom. The fourth-order valence-electron chi connectivity index (χ4n) is 10.6. The number of quaternary nitrogens is 1. The molecular formula is C86H146NO8P. The molecule has 96 heavy (non-hydrogen) atoms. The van der Waals surface area contributed by atoms with Crippen LogP contribution in [0.5, 0.6) is 0 Å². The molecule has 548 valence electrons. The molecule has 0 aliphatic heterocycles. The monoisotopic (exact) mass is 1350 g/mol. The topological polar surface area (TPSA) is 111 Å². The first-order valence-electron chi connectivity index (χ1n) is 39.2. The SMILES string of the molecule is CC/C=C\C/C=C\C/C=C\C/C=C\C/C=C\C/C=C\C/C=C\CCCCCCCCCCCCCC(=O)OC(COC(=O)CCCCCCCCCCCCCCCCCCCCCC/C=C\C/C=C\C/C=C\C/C=C\C/C=C\C/C=C\CC)COP(=O)([O-])OCC[N+](C)(C)C. The van der Waals surface area contributed by atoms with Crippen LogP contribution in [-0.2, 0) is 32.7 Å². The van der Waals surface area contributed by atoms with E-state index in [0.29, 0.717) is 17.4 Å². The van der Waals surface area contributed by atoms with Crippen molar-refractivity contribution in [3.63, 3.8) is 0 Å². The lowest BCUT2D eigenvalue weighted by atomic mass is 10.0. The number of carbonyl (C=O) groups excluding carboxylic acids is 2. The summed E-state index contributed by atoms with van der Waals surface area (Å²) in [5.41, 5.74) is 0. The maximum Gasteiger partial charge on any atom is 0.306 e. The molecule has 9 nitrogen and oxygen atoms in total. The van der Waals surface area contributed by atoms with Gasteiger partial charge in [0.1, 0.15) is 19.8 Å². The van der Waals surface area contributed by atoms with Crippen molar-refractivity contribution >= 4 is 19.8 Å². The lowest BCUT2D eigenvalue weighted by Crippen LogP contribution is -2.37. The Morgan fingerprint density at radius 2 is 0.562 bits per heavy atom. The maximum atomic E-state index is 12.9. The fourth-order valence-corrected chi connectivity index (χ4v) is 11.4. The van der Waals surface area contributed by atoms with Gasteiger partial charge in [-0.2, -0.15) is 0 Å². The maximum absolute atomic E-state index is 12.9. The van der Waals surface area contributed by atoms with Gasteiger partial charge in [0.2, 0.25) is 0 Å². The van der Waals surface area contributed by atoms with Gasteiger partial charge in [-0.05, 0) is 122 Å². The average molecular weight is 1350 g/mol. The van der Waals surface area contributed by atoms with Crippen molar-refractivity contribution in [3.05, 3.63) is 158 Å². The fraction of sp³-hybridized carbons (Fsp3) is 0.674. The number of hydrogen-bond acceptors (Lipinski definition) is 8. The van der Waals surface area contributed by atoms with E-state index in [-0.39, 0.29) is 32.0 Å². The molecule has 2 atom stereocenters. The molecule has 0 aromatic rings. The molecule has 0 spiro atoms. The Kier molecular flexibility index (Phi) is 71.4. The van der Waals surface area contributed by atoms with E-state index in [1.54, 1.807) is 0 Å². The van der Waals surface area contributed by atoms with Gasteiger partial charge in [-0.15, -0.1) is 0 Å². The predicted molar refractivity (Wildman–Crippen MR) is 415 cm³/mol. The number of ether oxygens (including phenoxy) is 2. The van der Waals surface area contributed by atoms with E-state index in [9.17, 15) is 19.0 Å². The Morgan fingerprint density at radius 1 is 0.323 bits per heavy atom. The number of hydrogen-bond donors (Lipinski definition) is 0. The highest BCUT2D eigenvalue weighted by atomic mass is 31.2. The zero-order chi connectivity index (χ0) is 69.7. The van der Waals surface area contributed by atoms with Crippen LogP contribution in [0.1, 0.15) is 322 Å². The highest BCUT2D eigenvalue weighted by molar-refractivity contribution is 7.45. The van der Waals surface area contributed by atoms with Gasteiger partial charge in [0.05, 0.1) is 27.7 Å². The Bertz CT molecular complexity index is 2180. The summed E-state index contributed by atoms with van der Waals surface area (Å²) in [6, 6.07) is 0. The van der Waals surface area contributed by atoms with Gasteiger partial charge >= 0.3 is 11.9 Å². The summed E-state index contributed by atoms with van der Waals surface area (Å²) in [5.74, 6) is -0.833. The zero-order valence-corrected chi connectivity index (χ0v) is 63.4. The second kappa shape index (κ2) is 74.8. The minimum absolute atomic E-state index is 0.0364. The summed E-state index contributed by atoms with van der Waals surface area (Å²) in [7, 11) is 1.16. The number of likely N-dealkylation sites (N-methyl/N-ethyl adjacent to an activating group) is 1. The molecule has 0 N–H and O–H groups in total. The van der Waals surface area contributed by atoms with E-state index in [1.807, 2.05) is 21.1 Å². The van der Waals surface area contributed by atoms with E-state index < -0.39 is 26.5 Å². The van der Waals surface area contributed by atoms with Gasteiger partial charge in [0.15, 0.2) is 6.10 Å². The van der Waals surface area contributed by atoms with Crippen molar-refractivity contribution in [1.29, 1.82) is 0 Å². The predicted octanol–water partition coefficient (Wildman–Crippen LogP) is 25.6. The van der Waals surface area contributed by atoms with E-state index in [4.69, 9.17) is 18.5 Å². The van der Waals surface area contributed by atoms with Crippen LogP contribution >= 0.6 is 7.82 Å². The van der Waals surface area contributed by atoms with Crippen LogP contribution in [0.25, 0.3) is 0 Å². The summed E-state index contributed by atoms with van der Waals surface area (Å²) < 4.78 is 34.4. The second-order valence-electron chi connectivity index (χ2n) is 27.0. The van der Waals surface area contributed by atoms with Crippen molar-refractivity contribution in [2.24, 2.45) is 0 Å². The van der Waals surface area contributed by atoms with E-state index in [1.165, 1.54) is 161 Å². The molecule has 0 rings (SSSR count). The first kappa shape index (κ1) is 91.6. The molecule has 2 unspecified atom stereocenters. The minimum atomic E-state index is -4.65. The number of phosphoric ester groups is 1. The molecule has 0 aliphatic carbocycles. The molecule has 0 bridgehead atoms. The number of unbranched alkanes of at least 4 members (excludes halogenated alkanes) is 31. The molecule has 0 heterocycles. The summed E-state index contributed by atoms with van der Waals surface area (Å²) in [4.78, 5) is 38.2. The lowest BCUT2D eigenvalue weighted by molar-refractivity contribution is -0.870. The summed E-state index contributed by atoms with van der Waals surface area (Å²) >= 11 is 0. The quantitative estimate of drug-likeness (QED) is 0.0195. The first-order chi connectivity index (χ1) is 47.0. The summed E-state index contributed by atoms with van der Waals surface area (Å²) in [5, 5.41) is 0. The van der Waals surface area contributed by atoms with Crippen LogP contribution in [0, 0.1) is 0 Å². The van der Waals surface area contributed by atoms with Gasteiger partial charge in [0.25, 0.3) is 7.82 Å². The second-order valence-corrected chi connectivity index (χ2v) is 28.4. The number of rotatable bonds is 71. The largest absolute Gasteiger partial charge is 0.756 e. The van der Waals surface area contributed by atoms with Crippen LogP contribution in [-0.4, -0.2) is 70.0 Å². The van der Waals surface area contributed by atoms with Crippen LogP contribution in [0.4, 0.5) is 0 Å². The number of allylic oxidation sites excluding steroid dienone is 26. The molecule has 0 amide bonds. The van der Waals surface area contributed by atoms with E-state index in [0.717, 1.165) is 128 Å². The number of phosphoric acid groups is 1. The summed E-state index contributed by atoms with van der Waals surface area (Å²) in [6.07, 6.45) is 112. The molecule has 10 heteroatoms. The van der Waals surface area contributed by atoms with Gasteiger partial charge in [0, 0.05) is 12.8 Å². The highest BCUT2D eigenvalue weighted by Gasteiger charge is 2.22. The average Bonchev–Trinajstić information content (AvgIpc) is 1.48. The van der Waals surface area contributed by atoms with Crippen molar-refractivity contribution < 1.29 is 42.1 Å². The van der Waals surface area contributed by atoms with Gasteiger partial charge < -0.3 is 27.9 Å². The Balaban J connectivity index is 4.00. The standard InChI is InChI=1S/C86H146NO8P/c1-6-8-10-12-14-16-18-20-22-24-26-28-30-32-34-36-38-40-41-42-43-44-45-47-48-50-52-54-56-58-60-62-64-66-68-70-72-74-76-78-85(88)92-82-84(83-94-96(90,91)93-81-80-87(3,4)5)95-86(89)79-77-75-73-71-69-67-65-63-61-59-57-55-53-51-49-46-39-37-35-33-31-29-27-25-23-21-19-17-15-13-11-9-7-2/h8-11,14-17,20-23,26-29,32-35,38-40,46,51,53,84H,6-7,12-13,18-19,24-25,30-31,36-37,41-45,47-50,52,54-83H2,1-5H3/b10-8-,11-9-,16-14-,17-15-,22-20-,23-21-,28-26-,29-27-,34-32-,35-33-,40-38-,46-39-,53-51-. The zero-order valence-electron chi connectivity index (χ0n) is 62.5. The van der Waals surface area contributed by atoms with Crippen molar-refractivity contribution in [2.75, 3.05) is 47.5 Å². The molecule has 0 fully saturated rings. The van der Waals surface area contributed by atoms with Crippen molar-refractivity contribution in [2.45, 2.75) is 328 Å². The number of carbonyl (C=O) groups is 2. The molecule has 0 radical (unpaired) electrons. The van der Waals surface area contributed by atoms with Crippen molar-refractivity contribution in [3.8, 4) is 0 Å². The molecular weight excluding hydrogens is 1210 g/mol. The highest BCUT2D eigenvalue weighted by Crippen LogP contribution is 2.38. The molecule has 0 aliphatic rings. The van der Waals surface area contributed by atoms with Crippen LogP contribution in [0.15, 0.2) is 158 Å². The third-order valence-electron chi connectivity index (χ3n) is 16.5. The lowest BCUT2D eigenvalue weighted by Gasteiger charge is -2.28. The molecule has 0 aromatic heterocycles. The van der Waals surface area contributed by atoms with Gasteiger partial charge in [-0.25, -0.2) is 0 Å². The van der Waals surface area contributed by atoms with Crippen LogP contribution in [0.2, 0.25) is 0 Å².